The molecule has 0 fully saturated rings. The van der Waals surface area contributed by atoms with Gasteiger partial charge in [0.2, 0.25) is 0 Å². The summed E-state index contributed by atoms with van der Waals surface area (Å²) < 4.78 is 10.4. The number of aryl methyl sites for hydroxylation is 1. The maximum absolute atomic E-state index is 11.6. The Hall–Kier alpha value is -3.28. The van der Waals surface area contributed by atoms with Crippen molar-refractivity contribution in [1.82, 2.24) is 14.7 Å². The van der Waals surface area contributed by atoms with Gasteiger partial charge in [0, 0.05) is 0 Å². The van der Waals surface area contributed by atoms with Crippen molar-refractivity contribution in [2.45, 2.75) is 63.8 Å². The fourth-order valence-corrected chi connectivity index (χ4v) is 6.03. The topological polar surface area (TPSA) is 255 Å². The van der Waals surface area contributed by atoms with Crippen LogP contribution in [0.5, 0.6) is 0 Å². The van der Waals surface area contributed by atoms with Crippen LogP contribution in [-0.2, 0) is 39.4 Å². The van der Waals surface area contributed by atoms with E-state index in [1.807, 2.05) is 18.2 Å². The monoisotopic (exact) mass is 721 g/mol. The van der Waals surface area contributed by atoms with Gasteiger partial charge in [0.05, 0.1) is 0 Å². The number of aliphatic carboxylic acids is 5. The van der Waals surface area contributed by atoms with Crippen molar-refractivity contribution in [3.63, 3.8) is 0 Å². The van der Waals surface area contributed by atoms with Crippen molar-refractivity contribution >= 4 is 38.0 Å². The van der Waals surface area contributed by atoms with E-state index in [9.17, 15) is 49.1 Å². The second-order valence-corrected chi connectivity index (χ2v) is 13.4. The van der Waals surface area contributed by atoms with E-state index in [2.05, 4.69) is 12.1 Å². The molecule has 0 radical (unpaired) electrons. The van der Waals surface area contributed by atoms with Crippen molar-refractivity contribution in [1.29, 1.82) is 0 Å². The molecule has 7 N–H and O–H groups in total. The van der Waals surface area contributed by atoms with Crippen molar-refractivity contribution < 1.29 is 68.3 Å². The molecule has 0 heterocycles. The summed E-state index contributed by atoms with van der Waals surface area (Å²) >= 11 is 0. The fraction of sp³-hybridized carbons (Fsp3) is 0.645. The Morgan fingerprint density at radius 3 is 1.55 bits per heavy atom. The average Bonchev–Trinajstić information content (AvgIpc) is 2.99. The molecular formula is C31H52N3O14P. The molecular weight excluding hydrogens is 669 g/mol. The third-order valence-electron chi connectivity index (χ3n) is 7.43. The predicted molar refractivity (Wildman–Crippen MR) is 178 cm³/mol. The maximum atomic E-state index is 11.6. The first-order valence-corrected chi connectivity index (χ1v) is 17.9. The number of benzene rings is 1. The van der Waals surface area contributed by atoms with E-state index in [-0.39, 0.29) is 26.2 Å². The molecule has 1 atom stereocenters. The van der Waals surface area contributed by atoms with Gasteiger partial charge in [0.25, 0.3) is 0 Å². The van der Waals surface area contributed by atoms with Gasteiger partial charge in [0.15, 0.2) is 0 Å². The zero-order valence-electron chi connectivity index (χ0n) is 27.7. The van der Waals surface area contributed by atoms with Crippen LogP contribution in [0.4, 0.5) is 0 Å². The van der Waals surface area contributed by atoms with Crippen LogP contribution >= 0.6 is 8.17 Å². The summed E-state index contributed by atoms with van der Waals surface area (Å²) in [7, 11) is -4.76. The van der Waals surface area contributed by atoms with E-state index in [1.165, 1.54) is 10.5 Å². The summed E-state index contributed by atoms with van der Waals surface area (Å²) in [6.07, 6.45) is 8.86. The molecule has 0 amide bonds. The normalized spacial score (nSPS) is 12.8. The molecule has 0 aliphatic rings. The molecule has 1 unspecified atom stereocenters. The van der Waals surface area contributed by atoms with Gasteiger partial charge < -0.3 is 0 Å². The first-order chi connectivity index (χ1) is 23.2. The number of carbonyl (C=O) groups is 5. The Labute approximate surface area is 286 Å². The Morgan fingerprint density at radius 1 is 0.592 bits per heavy atom. The fourth-order valence-electron chi connectivity index (χ4n) is 5.13. The number of rotatable bonds is 31. The third-order valence-corrected chi connectivity index (χ3v) is 8.55. The Morgan fingerprint density at radius 2 is 1.04 bits per heavy atom. The number of hydrogen-bond acceptors (Lipinski definition) is 12. The van der Waals surface area contributed by atoms with Gasteiger partial charge in [-0.05, 0) is 0 Å². The number of carboxylic acids is 5. The molecule has 17 nitrogen and oxygen atoms in total. The molecule has 18 heteroatoms. The van der Waals surface area contributed by atoms with Crippen LogP contribution in [0, 0.1) is 0 Å². The summed E-state index contributed by atoms with van der Waals surface area (Å²) in [4.78, 5) is 81.0. The van der Waals surface area contributed by atoms with Gasteiger partial charge in [-0.2, -0.15) is 0 Å². The van der Waals surface area contributed by atoms with Crippen LogP contribution in [0.1, 0.15) is 56.9 Å². The van der Waals surface area contributed by atoms with E-state index in [4.69, 9.17) is 19.3 Å². The second kappa shape index (κ2) is 24.8. The molecule has 0 bridgehead atoms. The van der Waals surface area contributed by atoms with Gasteiger partial charge in [0.1, 0.15) is 0 Å². The van der Waals surface area contributed by atoms with Crippen LogP contribution in [0.3, 0.4) is 0 Å². The SMILES string of the molecule is O=C(O)CN(CCN(CC(=O)O)CC(CO[PH](O)(O)OCCCCCCCCCCc1ccccc1)N(CC(=O)O)CC(=O)O)CC(=O)O. The molecule has 0 saturated heterocycles. The van der Waals surface area contributed by atoms with Crippen LogP contribution in [0.15, 0.2) is 30.3 Å². The quantitative estimate of drug-likeness (QED) is 0.0423. The first-order valence-electron chi connectivity index (χ1n) is 16.2. The summed E-state index contributed by atoms with van der Waals surface area (Å²) in [6, 6.07) is 9.12. The zero-order valence-corrected chi connectivity index (χ0v) is 28.7. The summed E-state index contributed by atoms with van der Waals surface area (Å²) in [5.41, 5.74) is 1.34. The predicted octanol–water partition coefficient (Wildman–Crippen LogP) is 1.48. The van der Waals surface area contributed by atoms with Gasteiger partial charge in [-0.3, -0.25) is 0 Å². The van der Waals surface area contributed by atoms with Gasteiger partial charge in [-0.15, -0.1) is 0 Å². The molecule has 49 heavy (non-hydrogen) atoms. The van der Waals surface area contributed by atoms with Gasteiger partial charge in [-0.1, -0.05) is 30.3 Å². The Balaban J connectivity index is 2.68. The van der Waals surface area contributed by atoms with Crippen LogP contribution in [0.2, 0.25) is 0 Å². The number of hydrogen-bond donors (Lipinski definition) is 7. The van der Waals surface area contributed by atoms with E-state index in [1.54, 1.807) is 0 Å². The molecule has 0 saturated carbocycles. The van der Waals surface area contributed by atoms with Crippen LogP contribution in [0.25, 0.3) is 0 Å². The minimum absolute atomic E-state index is 0.0247. The van der Waals surface area contributed by atoms with Crippen molar-refractivity contribution in [2.24, 2.45) is 0 Å². The second-order valence-electron chi connectivity index (χ2n) is 11.7. The molecule has 280 valence electrons. The average molecular weight is 722 g/mol. The zero-order chi connectivity index (χ0) is 36.7. The minimum atomic E-state index is -4.76. The standard InChI is InChI=1S/C31H52N3O14P/c35-27(36)19-32(15-16-33(20-28(37)38)21-29(39)40)18-26(34(22-30(41)42)23-31(43)44)24-48-49(45,46)47-17-11-6-4-2-1-3-5-8-12-25-13-9-7-10-14-25/h7,9-10,13-14,26,45-46,49H,1-6,8,11-12,15-24H2,(H,35,36)(H,37,38)(H,39,40)(H,41,42)(H,43,44). The molecule has 0 aliphatic heterocycles. The van der Waals surface area contributed by atoms with E-state index in [0.717, 1.165) is 61.2 Å². The van der Waals surface area contributed by atoms with Gasteiger partial charge in [-0.25, -0.2) is 0 Å². The first kappa shape index (κ1) is 43.7. The molecule has 0 aliphatic carbocycles. The van der Waals surface area contributed by atoms with E-state index >= 15 is 0 Å². The Bertz CT molecular complexity index is 1110. The summed E-state index contributed by atoms with van der Waals surface area (Å²) in [6.45, 7) is -5.05. The Kier molecular flexibility index (Phi) is 22.1. The molecule has 1 aromatic carbocycles. The number of carboxylic acid groups (broad SMARTS) is 5. The molecule has 1 rings (SSSR count). The number of nitrogens with zero attached hydrogens (tertiary/aromatic N) is 3. The summed E-state index contributed by atoms with van der Waals surface area (Å²) in [5, 5.41) is 46.4. The van der Waals surface area contributed by atoms with Gasteiger partial charge >= 0.3 is 256 Å². The third kappa shape index (κ3) is 23.7. The van der Waals surface area contributed by atoms with E-state index in [0.29, 0.717) is 6.42 Å². The molecule has 0 spiro atoms. The van der Waals surface area contributed by atoms with Crippen molar-refractivity contribution in [2.75, 3.05) is 65.6 Å². The van der Waals surface area contributed by atoms with E-state index < -0.39 is 83.4 Å². The van der Waals surface area contributed by atoms with Crippen molar-refractivity contribution in [3.8, 4) is 0 Å². The van der Waals surface area contributed by atoms with Crippen LogP contribution in [-0.4, -0.2) is 151 Å². The number of unbranched alkanes of at least 4 members (excludes halogenated alkanes) is 7. The van der Waals surface area contributed by atoms with Crippen LogP contribution < -0.4 is 0 Å². The molecule has 1 aromatic rings. The summed E-state index contributed by atoms with van der Waals surface area (Å²) in [5.74, 6) is -6.78. The van der Waals surface area contributed by atoms with Crippen molar-refractivity contribution in [3.05, 3.63) is 35.9 Å². The molecule has 0 aromatic heterocycles.